The molecule has 12 heavy (non-hydrogen) atoms. The van der Waals surface area contributed by atoms with E-state index in [1.807, 2.05) is 0 Å². The van der Waals surface area contributed by atoms with E-state index in [-0.39, 0.29) is 18.6 Å². The van der Waals surface area contributed by atoms with E-state index in [4.69, 9.17) is 10.8 Å². The molecule has 1 saturated heterocycles. The van der Waals surface area contributed by atoms with Gasteiger partial charge >= 0.3 is 0 Å². The molecule has 1 rings (SSSR count). The number of likely N-dealkylation sites (tertiary alicyclic amines) is 1. The van der Waals surface area contributed by atoms with Crippen molar-refractivity contribution in [3.05, 3.63) is 0 Å². The molecular formula is C8H16N2O2. The second-order valence-corrected chi connectivity index (χ2v) is 3.10. The first-order chi connectivity index (χ1) is 5.79. The Balaban J connectivity index is 2.40. The van der Waals surface area contributed by atoms with Gasteiger partial charge in [-0.05, 0) is 19.4 Å². The molecule has 1 aliphatic rings. The molecule has 70 valence electrons. The Morgan fingerprint density at radius 1 is 1.67 bits per heavy atom. The third-order valence-electron chi connectivity index (χ3n) is 2.27. The van der Waals surface area contributed by atoms with Crippen molar-refractivity contribution < 1.29 is 9.90 Å². The molecule has 0 aliphatic carbocycles. The molecule has 4 nitrogen and oxygen atoms in total. The molecule has 1 fully saturated rings. The average Bonchev–Trinajstić information content (AvgIpc) is 2.43. The van der Waals surface area contributed by atoms with Crippen molar-refractivity contribution in [2.75, 3.05) is 19.7 Å². The average molecular weight is 172 g/mol. The summed E-state index contributed by atoms with van der Waals surface area (Å²) in [5.41, 5.74) is 5.34. The largest absolute Gasteiger partial charge is 0.394 e. The summed E-state index contributed by atoms with van der Waals surface area (Å²) in [5, 5.41) is 8.93. The minimum atomic E-state index is 0.0454. The molecule has 3 N–H and O–H groups in total. The standard InChI is InChI=1S/C8H16N2O2/c9-4-1-5-10-7(6-11)2-3-8(10)12/h7,11H,1-6,9H2. The van der Waals surface area contributed by atoms with Crippen LogP contribution in [0.15, 0.2) is 0 Å². The molecule has 0 saturated carbocycles. The Morgan fingerprint density at radius 3 is 3.00 bits per heavy atom. The summed E-state index contributed by atoms with van der Waals surface area (Å²) >= 11 is 0. The predicted molar refractivity (Wildman–Crippen MR) is 45.5 cm³/mol. The van der Waals surface area contributed by atoms with Crippen LogP contribution in [0.1, 0.15) is 19.3 Å². The minimum absolute atomic E-state index is 0.0454. The van der Waals surface area contributed by atoms with Crippen LogP contribution >= 0.6 is 0 Å². The van der Waals surface area contributed by atoms with Gasteiger partial charge in [0.1, 0.15) is 0 Å². The molecule has 0 aromatic heterocycles. The van der Waals surface area contributed by atoms with E-state index in [2.05, 4.69) is 0 Å². The summed E-state index contributed by atoms with van der Waals surface area (Å²) in [6, 6.07) is 0.0454. The number of amides is 1. The number of carbonyl (C=O) groups is 1. The Bertz CT molecular complexity index is 161. The highest BCUT2D eigenvalue weighted by Gasteiger charge is 2.29. The van der Waals surface area contributed by atoms with Gasteiger partial charge in [-0.3, -0.25) is 4.79 Å². The highest BCUT2D eigenvalue weighted by molar-refractivity contribution is 5.78. The lowest BCUT2D eigenvalue weighted by Gasteiger charge is -2.22. The summed E-state index contributed by atoms with van der Waals surface area (Å²) in [6.45, 7) is 1.37. The van der Waals surface area contributed by atoms with Gasteiger partial charge in [-0.2, -0.15) is 0 Å². The Labute approximate surface area is 72.3 Å². The quantitative estimate of drug-likeness (QED) is 0.590. The SMILES string of the molecule is NCCCN1C(=O)CCC1CO. The van der Waals surface area contributed by atoms with Crippen LogP contribution in [0, 0.1) is 0 Å². The van der Waals surface area contributed by atoms with Gasteiger partial charge in [0, 0.05) is 13.0 Å². The third kappa shape index (κ3) is 1.95. The van der Waals surface area contributed by atoms with Crippen LogP contribution in [0.25, 0.3) is 0 Å². The maximum Gasteiger partial charge on any atom is 0.222 e. The fraction of sp³-hybridized carbons (Fsp3) is 0.875. The van der Waals surface area contributed by atoms with Crippen molar-refractivity contribution in [3.63, 3.8) is 0 Å². The van der Waals surface area contributed by atoms with E-state index in [9.17, 15) is 4.79 Å². The molecule has 0 spiro atoms. The molecule has 1 heterocycles. The topological polar surface area (TPSA) is 66.6 Å². The molecule has 1 amide bonds. The van der Waals surface area contributed by atoms with Crippen LogP contribution in [0.2, 0.25) is 0 Å². The summed E-state index contributed by atoms with van der Waals surface area (Å²) in [6.07, 6.45) is 2.19. The first kappa shape index (κ1) is 9.48. The first-order valence-corrected chi connectivity index (χ1v) is 4.40. The molecule has 1 unspecified atom stereocenters. The lowest BCUT2D eigenvalue weighted by molar-refractivity contribution is -0.129. The van der Waals surface area contributed by atoms with Crippen molar-refractivity contribution in [1.29, 1.82) is 0 Å². The van der Waals surface area contributed by atoms with Gasteiger partial charge in [0.25, 0.3) is 0 Å². The monoisotopic (exact) mass is 172 g/mol. The Kier molecular flexibility index (Phi) is 3.49. The first-order valence-electron chi connectivity index (χ1n) is 4.40. The van der Waals surface area contributed by atoms with E-state index >= 15 is 0 Å². The predicted octanol–water partition coefficient (Wildman–Crippen LogP) is -0.681. The highest BCUT2D eigenvalue weighted by atomic mass is 16.3. The van der Waals surface area contributed by atoms with Crippen molar-refractivity contribution in [1.82, 2.24) is 4.90 Å². The number of aliphatic hydroxyl groups is 1. The number of aliphatic hydroxyl groups excluding tert-OH is 1. The lowest BCUT2D eigenvalue weighted by atomic mass is 10.2. The van der Waals surface area contributed by atoms with E-state index in [0.29, 0.717) is 19.5 Å². The summed E-state index contributed by atoms with van der Waals surface area (Å²) < 4.78 is 0. The molecule has 4 heteroatoms. The molecule has 1 atom stereocenters. The van der Waals surface area contributed by atoms with E-state index in [0.717, 1.165) is 12.8 Å². The van der Waals surface area contributed by atoms with E-state index in [1.165, 1.54) is 0 Å². The number of nitrogens with two attached hydrogens (primary N) is 1. The van der Waals surface area contributed by atoms with Gasteiger partial charge in [0.2, 0.25) is 5.91 Å². The number of carbonyl (C=O) groups excluding carboxylic acids is 1. The molecule has 0 radical (unpaired) electrons. The van der Waals surface area contributed by atoms with Crippen LogP contribution < -0.4 is 5.73 Å². The van der Waals surface area contributed by atoms with Crippen LogP contribution in [0.5, 0.6) is 0 Å². The van der Waals surface area contributed by atoms with Crippen LogP contribution in [-0.4, -0.2) is 41.7 Å². The summed E-state index contributed by atoms with van der Waals surface area (Å²) in [7, 11) is 0. The second-order valence-electron chi connectivity index (χ2n) is 3.10. The molecule has 0 aromatic rings. The molecule has 1 aliphatic heterocycles. The zero-order valence-electron chi connectivity index (χ0n) is 7.20. The van der Waals surface area contributed by atoms with Crippen molar-refractivity contribution in [3.8, 4) is 0 Å². The zero-order chi connectivity index (χ0) is 8.97. The summed E-state index contributed by atoms with van der Waals surface area (Å²) in [4.78, 5) is 13.0. The second kappa shape index (κ2) is 4.42. The van der Waals surface area contributed by atoms with Gasteiger partial charge in [0.15, 0.2) is 0 Å². The summed E-state index contributed by atoms with van der Waals surface area (Å²) in [5.74, 6) is 0.155. The fourth-order valence-corrected chi connectivity index (χ4v) is 1.55. The Hall–Kier alpha value is -0.610. The van der Waals surface area contributed by atoms with Crippen LogP contribution in [0.4, 0.5) is 0 Å². The van der Waals surface area contributed by atoms with Crippen molar-refractivity contribution >= 4 is 5.91 Å². The number of hydrogen-bond acceptors (Lipinski definition) is 3. The Morgan fingerprint density at radius 2 is 2.42 bits per heavy atom. The van der Waals surface area contributed by atoms with Crippen molar-refractivity contribution in [2.24, 2.45) is 5.73 Å². The maximum atomic E-state index is 11.2. The zero-order valence-corrected chi connectivity index (χ0v) is 7.20. The number of rotatable bonds is 4. The highest BCUT2D eigenvalue weighted by Crippen LogP contribution is 2.17. The minimum Gasteiger partial charge on any atom is -0.394 e. The van der Waals surface area contributed by atoms with Crippen molar-refractivity contribution in [2.45, 2.75) is 25.3 Å². The van der Waals surface area contributed by atoms with E-state index < -0.39 is 0 Å². The third-order valence-corrected chi connectivity index (χ3v) is 2.27. The van der Waals surface area contributed by atoms with Gasteiger partial charge in [-0.1, -0.05) is 0 Å². The van der Waals surface area contributed by atoms with Crippen LogP contribution in [0.3, 0.4) is 0 Å². The van der Waals surface area contributed by atoms with E-state index in [1.54, 1.807) is 4.90 Å². The number of hydrogen-bond donors (Lipinski definition) is 2. The van der Waals surface area contributed by atoms with Gasteiger partial charge < -0.3 is 15.7 Å². The smallest absolute Gasteiger partial charge is 0.222 e. The van der Waals surface area contributed by atoms with Gasteiger partial charge in [0.05, 0.1) is 12.6 Å². The van der Waals surface area contributed by atoms with Crippen LogP contribution in [-0.2, 0) is 4.79 Å². The lowest BCUT2D eigenvalue weighted by Crippen LogP contribution is -2.36. The van der Waals surface area contributed by atoms with Gasteiger partial charge in [-0.25, -0.2) is 0 Å². The maximum absolute atomic E-state index is 11.2. The fourth-order valence-electron chi connectivity index (χ4n) is 1.55. The molecular weight excluding hydrogens is 156 g/mol. The van der Waals surface area contributed by atoms with Gasteiger partial charge in [-0.15, -0.1) is 0 Å². The molecule has 0 bridgehead atoms. The number of nitrogens with zero attached hydrogens (tertiary/aromatic N) is 1. The molecule has 0 aromatic carbocycles. The normalized spacial score (nSPS) is 23.7.